The Balaban J connectivity index is 1.81. The van der Waals surface area contributed by atoms with Crippen LogP contribution in [0.4, 0.5) is 23.0 Å². The third-order valence-corrected chi connectivity index (χ3v) is 5.54. The number of aromatic nitrogens is 2. The number of nitrogens with zero attached hydrogens (tertiary/aromatic N) is 2. The van der Waals surface area contributed by atoms with Crippen molar-refractivity contribution in [1.29, 1.82) is 0 Å². The Labute approximate surface area is 166 Å². The summed E-state index contributed by atoms with van der Waals surface area (Å²) in [5, 5.41) is 6.33. The Morgan fingerprint density at radius 1 is 0.926 bits per heavy atom. The number of rotatable bonds is 6. The van der Waals surface area contributed by atoms with Crippen LogP contribution in [-0.4, -0.2) is 25.4 Å². The van der Waals surface area contributed by atoms with Gasteiger partial charge in [0, 0.05) is 21.9 Å². The lowest BCUT2D eigenvalue weighted by Crippen LogP contribution is -2.18. The summed E-state index contributed by atoms with van der Waals surface area (Å²) in [5.74, 6) is 1.15. The third kappa shape index (κ3) is 5.03. The maximum atomic E-state index is 11.9. The van der Waals surface area contributed by atoms with Crippen molar-refractivity contribution in [3.63, 3.8) is 0 Å². The zero-order valence-electron chi connectivity index (χ0n) is 14.7. The van der Waals surface area contributed by atoms with Crippen molar-refractivity contribution in [2.45, 2.75) is 11.8 Å². The predicted molar refractivity (Wildman–Crippen MR) is 110 cm³/mol. The summed E-state index contributed by atoms with van der Waals surface area (Å²) in [5.41, 5.74) is 2.62. The monoisotopic (exact) mass is 447 g/mol. The van der Waals surface area contributed by atoms with Crippen molar-refractivity contribution >= 4 is 49.0 Å². The van der Waals surface area contributed by atoms with E-state index in [1.54, 1.807) is 24.3 Å². The molecule has 9 heteroatoms. The Morgan fingerprint density at radius 2 is 1.63 bits per heavy atom. The molecule has 1 heterocycles. The molecular formula is C18H18BrN5O2S. The van der Waals surface area contributed by atoms with E-state index in [4.69, 9.17) is 0 Å². The normalized spacial score (nSPS) is 11.2. The molecule has 0 saturated carbocycles. The summed E-state index contributed by atoms with van der Waals surface area (Å²) in [6, 6.07) is 14.2. The highest BCUT2D eigenvalue weighted by atomic mass is 79.9. The Kier molecular flexibility index (Phi) is 5.73. The first-order valence-electron chi connectivity index (χ1n) is 8.02. The van der Waals surface area contributed by atoms with Crippen LogP contribution in [0.3, 0.4) is 0 Å². The van der Waals surface area contributed by atoms with Gasteiger partial charge in [-0.3, -0.25) is 0 Å². The highest BCUT2D eigenvalue weighted by Crippen LogP contribution is 2.24. The van der Waals surface area contributed by atoms with Crippen LogP contribution in [0.1, 0.15) is 5.56 Å². The van der Waals surface area contributed by atoms with Crippen LogP contribution in [0.2, 0.25) is 0 Å². The van der Waals surface area contributed by atoms with Crippen molar-refractivity contribution in [3.8, 4) is 0 Å². The van der Waals surface area contributed by atoms with Crippen LogP contribution in [0.25, 0.3) is 0 Å². The average molecular weight is 448 g/mol. The predicted octanol–water partition coefficient (Wildman–Crippen LogP) is 3.94. The quantitative estimate of drug-likeness (QED) is 0.529. The molecule has 27 heavy (non-hydrogen) atoms. The molecule has 1 aromatic heterocycles. The summed E-state index contributed by atoms with van der Waals surface area (Å²) in [4.78, 5) is 8.58. The van der Waals surface area contributed by atoms with E-state index in [0.29, 0.717) is 17.3 Å². The van der Waals surface area contributed by atoms with Gasteiger partial charge in [-0.2, -0.15) is 0 Å². The van der Waals surface area contributed by atoms with Crippen LogP contribution < -0.4 is 15.4 Å². The molecule has 0 aliphatic heterocycles. The van der Waals surface area contributed by atoms with Gasteiger partial charge in [-0.15, -0.1) is 0 Å². The number of sulfonamides is 1. The van der Waals surface area contributed by atoms with Crippen molar-refractivity contribution < 1.29 is 8.42 Å². The standard InChI is InChI=1S/C18H18BrN5O2S/c1-12-6-13(19)8-15(7-12)24-18-10-17(21-11-22-18)23-14-4-3-5-16(9-14)27(25,26)20-2/h3-11,20H,1-2H3,(H2,21,22,23,24). The topological polar surface area (TPSA) is 96.0 Å². The zero-order valence-corrected chi connectivity index (χ0v) is 17.1. The largest absolute Gasteiger partial charge is 0.340 e. The molecule has 0 amide bonds. The van der Waals surface area contributed by atoms with E-state index in [2.05, 4.69) is 41.3 Å². The van der Waals surface area contributed by atoms with Gasteiger partial charge < -0.3 is 10.6 Å². The first-order valence-corrected chi connectivity index (χ1v) is 10.3. The number of anilines is 4. The van der Waals surface area contributed by atoms with Crippen LogP contribution in [0, 0.1) is 6.92 Å². The number of halogens is 1. The maximum absolute atomic E-state index is 11.9. The number of nitrogens with one attached hydrogen (secondary N) is 3. The van der Waals surface area contributed by atoms with Crippen LogP contribution in [-0.2, 0) is 10.0 Å². The molecule has 0 aliphatic carbocycles. The van der Waals surface area contributed by atoms with Gasteiger partial charge >= 0.3 is 0 Å². The van der Waals surface area contributed by atoms with E-state index in [1.807, 2.05) is 25.1 Å². The second-order valence-electron chi connectivity index (χ2n) is 5.79. The average Bonchev–Trinajstić information content (AvgIpc) is 2.61. The number of hydrogen-bond donors (Lipinski definition) is 3. The van der Waals surface area contributed by atoms with E-state index in [1.165, 1.54) is 19.4 Å². The van der Waals surface area contributed by atoms with E-state index in [9.17, 15) is 8.42 Å². The van der Waals surface area contributed by atoms with Gasteiger partial charge in [-0.1, -0.05) is 22.0 Å². The second kappa shape index (κ2) is 8.03. The smallest absolute Gasteiger partial charge is 0.240 e. The maximum Gasteiger partial charge on any atom is 0.240 e. The van der Waals surface area contributed by atoms with Gasteiger partial charge in [-0.05, 0) is 55.9 Å². The van der Waals surface area contributed by atoms with Crippen LogP contribution in [0.15, 0.2) is 64.2 Å². The summed E-state index contributed by atoms with van der Waals surface area (Å²) in [6.07, 6.45) is 1.43. The number of hydrogen-bond acceptors (Lipinski definition) is 6. The first kappa shape index (κ1) is 19.3. The van der Waals surface area contributed by atoms with Gasteiger partial charge in [0.25, 0.3) is 0 Å². The summed E-state index contributed by atoms with van der Waals surface area (Å²) >= 11 is 3.47. The molecular weight excluding hydrogens is 430 g/mol. The molecule has 0 saturated heterocycles. The van der Waals surface area contributed by atoms with Crippen LogP contribution in [0.5, 0.6) is 0 Å². The van der Waals surface area contributed by atoms with Crippen LogP contribution >= 0.6 is 15.9 Å². The lowest BCUT2D eigenvalue weighted by atomic mass is 10.2. The molecule has 0 atom stereocenters. The minimum Gasteiger partial charge on any atom is -0.340 e. The fourth-order valence-corrected chi connectivity index (χ4v) is 3.84. The van der Waals surface area contributed by atoms with Gasteiger partial charge in [-0.25, -0.2) is 23.1 Å². The molecule has 0 fully saturated rings. The van der Waals surface area contributed by atoms with Crippen molar-refractivity contribution in [3.05, 3.63) is 64.9 Å². The lowest BCUT2D eigenvalue weighted by molar-refractivity contribution is 0.588. The van der Waals surface area contributed by atoms with Gasteiger partial charge in [0.2, 0.25) is 10.0 Å². The fourth-order valence-electron chi connectivity index (χ4n) is 2.46. The Hall–Kier alpha value is -2.49. The highest BCUT2D eigenvalue weighted by Gasteiger charge is 2.11. The highest BCUT2D eigenvalue weighted by molar-refractivity contribution is 9.10. The molecule has 0 spiro atoms. The third-order valence-electron chi connectivity index (χ3n) is 3.67. The van der Waals surface area contributed by atoms with Gasteiger partial charge in [0.05, 0.1) is 4.90 Å². The van der Waals surface area contributed by atoms with Crippen molar-refractivity contribution in [2.75, 3.05) is 17.7 Å². The number of benzene rings is 2. The molecule has 0 radical (unpaired) electrons. The summed E-state index contributed by atoms with van der Waals surface area (Å²) < 4.78 is 27.2. The fraction of sp³-hybridized carbons (Fsp3) is 0.111. The molecule has 0 bridgehead atoms. The van der Waals surface area contributed by atoms with E-state index in [-0.39, 0.29) is 4.90 Å². The Bertz CT molecular complexity index is 1050. The summed E-state index contributed by atoms with van der Waals surface area (Å²) in [7, 11) is -2.13. The van der Waals surface area contributed by atoms with Gasteiger partial charge in [0.1, 0.15) is 18.0 Å². The van der Waals surface area contributed by atoms with E-state index < -0.39 is 10.0 Å². The van der Waals surface area contributed by atoms with Crippen molar-refractivity contribution in [1.82, 2.24) is 14.7 Å². The van der Waals surface area contributed by atoms with E-state index >= 15 is 0 Å². The lowest BCUT2D eigenvalue weighted by Gasteiger charge is -2.10. The second-order valence-corrected chi connectivity index (χ2v) is 8.59. The molecule has 3 rings (SSSR count). The zero-order chi connectivity index (χ0) is 19.4. The molecule has 0 unspecified atom stereocenters. The molecule has 3 aromatic rings. The molecule has 7 nitrogen and oxygen atoms in total. The molecule has 3 N–H and O–H groups in total. The minimum absolute atomic E-state index is 0.173. The first-order chi connectivity index (χ1) is 12.9. The minimum atomic E-state index is -3.51. The number of aryl methyl sites for hydroxylation is 1. The van der Waals surface area contributed by atoms with Crippen molar-refractivity contribution in [2.24, 2.45) is 0 Å². The molecule has 140 valence electrons. The SMILES string of the molecule is CNS(=O)(=O)c1cccc(Nc2cc(Nc3cc(C)cc(Br)c3)ncn2)c1. The summed E-state index contributed by atoms with van der Waals surface area (Å²) in [6.45, 7) is 2.01. The van der Waals surface area contributed by atoms with E-state index in [0.717, 1.165) is 15.7 Å². The molecule has 2 aromatic carbocycles. The molecule has 0 aliphatic rings. The Morgan fingerprint density at radius 3 is 2.30 bits per heavy atom. The van der Waals surface area contributed by atoms with Gasteiger partial charge in [0.15, 0.2) is 0 Å².